The molecule has 0 atom stereocenters. The Hall–Kier alpha value is -1.26. The van der Waals surface area contributed by atoms with E-state index in [1.165, 1.54) is 18.5 Å². The van der Waals surface area contributed by atoms with Crippen LogP contribution in [0.2, 0.25) is 0 Å². The summed E-state index contributed by atoms with van der Waals surface area (Å²) in [4.78, 5) is 2.45. The van der Waals surface area contributed by atoms with Crippen molar-refractivity contribution in [2.45, 2.75) is 27.2 Å². The molecule has 1 saturated heterocycles. The van der Waals surface area contributed by atoms with E-state index in [-0.39, 0.29) is 0 Å². The highest BCUT2D eigenvalue weighted by Crippen LogP contribution is 2.27. The van der Waals surface area contributed by atoms with Crippen molar-refractivity contribution < 1.29 is 14.2 Å². The molecular weight excluding hydrogens is 266 g/mol. The summed E-state index contributed by atoms with van der Waals surface area (Å²) in [6, 6.07) is 5.89. The number of methoxy groups -OCH3 is 1. The van der Waals surface area contributed by atoms with Crippen LogP contribution in [-0.4, -0.2) is 51.5 Å². The normalized spacial score (nSPS) is 15.0. The van der Waals surface area contributed by atoms with Crippen LogP contribution < -0.4 is 9.47 Å². The van der Waals surface area contributed by atoms with E-state index in [9.17, 15) is 0 Å². The molecule has 0 aromatic heterocycles. The van der Waals surface area contributed by atoms with Crippen LogP contribution in [-0.2, 0) is 4.74 Å². The summed E-state index contributed by atoms with van der Waals surface area (Å²) in [5.41, 5.74) is 1.18. The van der Waals surface area contributed by atoms with Gasteiger partial charge in [-0.2, -0.15) is 0 Å². The summed E-state index contributed by atoms with van der Waals surface area (Å²) >= 11 is 0. The average Bonchev–Trinajstić information content (AvgIpc) is 2.50. The first-order valence-corrected chi connectivity index (χ1v) is 7.78. The lowest BCUT2D eigenvalue weighted by molar-refractivity contribution is 0.0380. The lowest BCUT2D eigenvalue weighted by atomic mass is 10.2. The Balaban J connectivity index is 0.000000219. The van der Waals surface area contributed by atoms with Crippen LogP contribution in [0.3, 0.4) is 0 Å². The van der Waals surface area contributed by atoms with Gasteiger partial charge in [-0.25, -0.2) is 0 Å². The minimum atomic E-state index is 0.666. The molecule has 0 N–H and O–H groups in total. The third-order valence-electron chi connectivity index (χ3n) is 3.26. The highest BCUT2D eigenvalue weighted by Gasteiger charge is 2.07. The van der Waals surface area contributed by atoms with Gasteiger partial charge in [0.2, 0.25) is 0 Å². The van der Waals surface area contributed by atoms with Crippen LogP contribution in [0, 0.1) is 6.92 Å². The Morgan fingerprint density at radius 1 is 1.14 bits per heavy atom. The number of benzene rings is 1. The van der Waals surface area contributed by atoms with E-state index < -0.39 is 0 Å². The van der Waals surface area contributed by atoms with E-state index in [0.717, 1.165) is 37.8 Å². The summed E-state index contributed by atoms with van der Waals surface area (Å²) < 4.78 is 15.7. The van der Waals surface area contributed by atoms with Gasteiger partial charge in [-0.1, -0.05) is 13.0 Å². The molecule has 0 radical (unpaired) electrons. The largest absolute Gasteiger partial charge is 0.493 e. The molecule has 4 nitrogen and oxygen atoms in total. The number of nitrogens with zero attached hydrogens (tertiary/aromatic N) is 1. The Morgan fingerprint density at radius 3 is 2.43 bits per heavy atom. The fourth-order valence-corrected chi connectivity index (χ4v) is 2.19. The van der Waals surface area contributed by atoms with Gasteiger partial charge in [0.05, 0.1) is 26.9 Å². The zero-order chi connectivity index (χ0) is 15.5. The van der Waals surface area contributed by atoms with Gasteiger partial charge in [0.25, 0.3) is 0 Å². The highest BCUT2D eigenvalue weighted by atomic mass is 16.5. The SMILES string of the molecule is CCCN1CCOCC1.CCOc1cc(C)ccc1OC. The topological polar surface area (TPSA) is 30.9 Å². The van der Waals surface area contributed by atoms with Crippen molar-refractivity contribution >= 4 is 0 Å². The summed E-state index contributed by atoms with van der Waals surface area (Å²) in [6.45, 7) is 12.2. The molecule has 1 aromatic rings. The number of hydrogen-bond acceptors (Lipinski definition) is 4. The molecule has 0 saturated carbocycles. The molecule has 1 aromatic carbocycles. The molecule has 4 heteroatoms. The highest BCUT2D eigenvalue weighted by molar-refractivity contribution is 5.42. The van der Waals surface area contributed by atoms with Crippen molar-refractivity contribution in [2.75, 3.05) is 46.6 Å². The number of hydrogen-bond donors (Lipinski definition) is 0. The fourth-order valence-electron chi connectivity index (χ4n) is 2.19. The molecule has 1 fully saturated rings. The van der Waals surface area contributed by atoms with Crippen LogP contribution in [0.4, 0.5) is 0 Å². The van der Waals surface area contributed by atoms with Gasteiger partial charge in [-0.15, -0.1) is 0 Å². The Morgan fingerprint density at radius 2 is 1.86 bits per heavy atom. The number of aryl methyl sites for hydroxylation is 1. The summed E-state index contributed by atoms with van der Waals surface area (Å²) in [5, 5.41) is 0. The molecular formula is C17H29NO3. The second-order valence-electron chi connectivity index (χ2n) is 5.04. The number of rotatable bonds is 5. The molecule has 1 heterocycles. The van der Waals surface area contributed by atoms with Gasteiger partial charge in [0.15, 0.2) is 11.5 Å². The quantitative estimate of drug-likeness (QED) is 0.835. The first-order chi connectivity index (χ1) is 10.2. The first kappa shape index (κ1) is 17.8. The molecule has 0 aliphatic carbocycles. The summed E-state index contributed by atoms with van der Waals surface area (Å²) in [6.07, 6.45) is 1.26. The van der Waals surface area contributed by atoms with Gasteiger partial charge in [-0.05, 0) is 44.5 Å². The predicted molar refractivity (Wildman–Crippen MR) is 86.5 cm³/mol. The molecule has 120 valence electrons. The molecule has 2 rings (SSSR count). The van der Waals surface area contributed by atoms with Gasteiger partial charge >= 0.3 is 0 Å². The van der Waals surface area contributed by atoms with Crippen molar-refractivity contribution in [3.8, 4) is 11.5 Å². The van der Waals surface area contributed by atoms with Crippen LogP contribution in [0.5, 0.6) is 11.5 Å². The standard InChI is InChI=1S/C10H14O2.C7H15NO/c1-4-12-10-7-8(2)5-6-9(10)11-3;1-2-3-8-4-6-9-7-5-8/h5-7H,4H2,1-3H3;2-7H2,1H3. The van der Waals surface area contributed by atoms with Gasteiger partial charge in [-0.3, -0.25) is 4.90 Å². The van der Waals surface area contributed by atoms with Crippen molar-refractivity contribution in [3.63, 3.8) is 0 Å². The molecule has 0 spiro atoms. The lowest BCUT2D eigenvalue weighted by Gasteiger charge is -2.25. The van der Waals surface area contributed by atoms with Crippen molar-refractivity contribution in [1.29, 1.82) is 0 Å². The molecule has 0 amide bonds. The van der Waals surface area contributed by atoms with Gasteiger partial charge in [0.1, 0.15) is 0 Å². The minimum Gasteiger partial charge on any atom is -0.493 e. The molecule has 1 aliphatic heterocycles. The molecule has 1 aliphatic rings. The lowest BCUT2D eigenvalue weighted by Crippen LogP contribution is -2.36. The van der Waals surface area contributed by atoms with E-state index in [2.05, 4.69) is 11.8 Å². The zero-order valence-electron chi connectivity index (χ0n) is 13.9. The van der Waals surface area contributed by atoms with Crippen LogP contribution >= 0.6 is 0 Å². The third kappa shape index (κ3) is 6.82. The average molecular weight is 295 g/mol. The van der Waals surface area contributed by atoms with E-state index in [4.69, 9.17) is 14.2 Å². The second kappa shape index (κ2) is 10.5. The van der Waals surface area contributed by atoms with E-state index >= 15 is 0 Å². The van der Waals surface area contributed by atoms with Crippen LogP contribution in [0.15, 0.2) is 18.2 Å². The summed E-state index contributed by atoms with van der Waals surface area (Å²) in [7, 11) is 1.65. The third-order valence-corrected chi connectivity index (χ3v) is 3.26. The van der Waals surface area contributed by atoms with Crippen molar-refractivity contribution in [2.24, 2.45) is 0 Å². The maximum Gasteiger partial charge on any atom is 0.161 e. The smallest absolute Gasteiger partial charge is 0.161 e. The van der Waals surface area contributed by atoms with E-state index in [0.29, 0.717) is 6.61 Å². The Labute approximate surface area is 129 Å². The number of morpholine rings is 1. The first-order valence-electron chi connectivity index (χ1n) is 7.78. The Kier molecular flexibility index (Phi) is 8.87. The van der Waals surface area contributed by atoms with Crippen LogP contribution in [0.25, 0.3) is 0 Å². The Bertz CT molecular complexity index is 387. The monoisotopic (exact) mass is 295 g/mol. The van der Waals surface area contributed by atoms with Crippen molar-refractivity contribution in [3.05, 3.63) is 23.8 Å². The van der Waals surface area contributed by atoms with E-state index in [1.54, 1.807) is 7.11 Å². The zero-order valence-corrected chi connectivity index (χ0v) is 13.9. The van der Waals surface area contributed by atoms with Gasteiger partial charge in [0, 0.05) is 13.1 Å². The van der Waals surface area contributed by atoms with Gasteiger partial charge < -0.3 is 14.2 Å². The second-order valence-corrected chi connectivity index (χ2v) is 5.04. The van der Waals surface area contributed by atoms with E-state index in [1.807, 2.05) is 32.0 Å². The number of ether oxygens (including phenoxy) is 3. The maximum absolute atomic E-state index is 5.38. The fraction of sp³-hybridized carbons (Fsp3) is 0.647. The molecule has 21 heavy (non-hydrogen) atoms. The molecule has 0 unspecified atom stereocenters. The predicted octanol–water partition coefficient (Wildman–Crippen LogP) is 3.13. The molecule has 0 bridgehead atoms. The van der Waals surface area contributed by atoms with Crippen molar-refractivity contribution in [1.82, 2.24) is 4.90 Å². The van der Waals surface area contributed by atoms with Crippen LogP contribution in [0.1, 0.15) is 25.8 Å². The summed E-state index contributed by atoms with van der Waals surface area (Å²) in [5.74, 6) is 1.61. The minimum absolute atomic E-state index is 0.666. The maximum atomic E-state index is 5.38.